The van der Waals surface area contributed by atoms with Crippen molar-refractivity contribution in [2.24, 2.45) is 10.7 Å². The lowest BCUT2D eigenvalue weighted by molar-refractivity contribution is 0.0406. The zero-order valence-corrected chi connectivity index (χ0v) is 11.8. The number of rotatable bonds is 3. The summed E-state index contributed by atoms with van der Waals surface area (Å²) in [6.45, 7) is 0. The van der Waals surface area contributed by atoms with Gasteiger partial charge in [0.1, 0.15) is 0 Å². The van der Waals surface area contributed by atoms with Crippen molar-refractivity contribution in [2.45, 2.75) is 6.29 Å². The summed E-state index contributed by atoms with van der Waals surface area (Å²) in [6.07, 6.45) is -0.492. The lowest BCUT2D eigenvalue weighted by atomic mass is 10.0. The van der Waals surface area contributed by atoms with Gasteiger partial charge in [-0.15, -0.1) is 5.12 Å². The van der Waals surface area contributed by atoms with Gasteiger partial charge in [0.05, 0.1) is 5.49 Å². The molecule has 0 saturated heterocycles. The summed E-state index contributed by atoms with van der Waals surface area (Å²) in [5, 5.41) is 5.72. The minimum absolute atomic E-state index is 0.492. The van der Waals surface area contributed by atoms with E-state index in [1.807, 2.05) is 24.3 Å². The van der Waals surface area contributed by atoms with E-state index in [2.05, 4.69) is 28.6 Å². The molecule has 1 atom stereocenters. The Hall–Kier alpha value is -1.86. The van der Waals surface area contributed by atoms with E-state index in [1.165, 1.54) is 5.49 Å². The summed E-state index contributed by atoms with van der Waals surface area (Å²) in [7, 11) is 1.78. The molecule has 3 rings (SSSR count). The summed E-state index contributed by atoms with van der Waals surface area (Å²) < 4.78 is 0. The number of nitrogens with two attached hydrogens (primary N) is 1. The van der Waals surface area contributed by atoms with Crippen molar-refractivity contribution in [1.29, 1.82) is 0 Å². The van der Waals surface area contributed by atoms with Gasteiger partial charge in [-0.05, 0) is 10.8 Å². The summed E-state index contributed by atoms with van der Waals surface area (Å²) in [5.74, 6) is 0.749. The minimum Gasteiger partial charge on any atom is -0.295 e. The SMILES string of the molecule is CNN1C(N)N=C(c2cccc3ccccc23)N1C=S. The first-order chi connectivity index (χ1) is 9.76. The Bertz CT molecular complexity index is 679. The predicted molar refractivity (Wildman–Crippen MR) is 84.9 cm³/mol. The normalized spacial score (nSPS) is 19.4. The Morgan fingerprint density at radius 3 is 2.75 bits per heavy atom. The maximum Gasteiger partial charge on any atom is 0.187 e. The van der Waals surface area contributed by atoms with Crippen molar-refractivity contribution < 1.29 is 0 Å². The topological polar surface area (TPSA) is 56.9 Å². The summed E-state index contributed by atoms with van der Waals surface area (Å²) in [5.41, 5.74) is 11.5. The van der Waals surface area contributed by atoms with Crippen LogP contribution >= 0.6 is 12.2 Å². The number of benzene rings is 2. The van der Waals surface area contributed by atoms with Crippen molar-refractivity contribution in [2.75, 3.05) is 7.05 Å². The van der Waals surface area contributed by atoms with Crippen LogP contribution in [-0.4, -0.2) is 34.8 Å². The first-order valence-corrected chi connectivity index (χ1v) is 6.76. The highest BCUT2D eigenvalue weighted by Crippen LogP contribution is 2.23. The van der Waals surface area contributed by atoms with Gasteiger partial charge in [-0.2, -0.15) is 0 Å². The Balaban J connectivity index is 2.16. The summed E-state index contributed by atoms with van der Waals surface area (Å²) >= 11 is 5.09. The second-order valence-electron chi connectivity index (χ2n) is 4.41. The highest BCUT2D eigenvalue weighted by atomic mass is 32.1. The second-order valence-corrected chi connectivity index (χ2v) is 4.62. The molecule has 0 fully saturated rings. The molecule has 6 heteroatoms. The average molecular weight is 285 g/mol. The molecular formula is C14H15N5S. The van der Waals surface area contributed by atoms with Crippen molar-refractivity contribution in [3.8, 4) is 0 Å². The maximum atomic E-state index is 6.00. The van der Waals surface area contributed by atoms with Crippen molar-refractivity contribution >= 4 is 34.3 Å². The maximum absolute atomic E-state index is 6.00. The molecule has 1 aliphatic rings. The van der Waals surface area contributed by atoms with E-state index in [4.69, 9.17) is 18.0 Å². The van der Waals surface area contributed by atoms with E-state index in [0.717, 1.165) is 22.2 Å². The fourth-order valence-electron chi connectivity index (χ4n) is 2.42. The lowest BCUT2D eigenvalue weighted by Gasteiger charge is -2.27. The van der Waals surface area contributed by atoms with E-state index in [1.54, 1.807) is 17.2 Å². The molecule has 20 heavy (non-hydrogen) atoms. The molecule has 2 aromatic carbocycles. The van der Waals surface area contributed by atoms with E-state index < -0.39 is 6.29 Å². The largest absolute Gasteiger partial charge is 0.295 e. The molecule has 1 heterocycles. The van der Waals surface area contributed by atoms with Gasteiger partial charge in [-0.1, -0.05) is 54.7 Å². The average Bonchev–Trinajstić information content (AvgIpc) is 2.82. The molecular weight excluding hydrogens is 270 g/mol. The van der Waals surface area contributed by atoms with Crippen LogP contribution in [0, 0.1) is 0 Å². The Labute approximate surface area is 122 Å². The first kappa shape index (κ1) is 13.1. The number of hydrazine groups is 2. The molecule has 3 N–H and O–H groups in total. The lowest BCUT2D eigenvalue weighted by Crippen LogP contribution is -2.53. The molecule has 0 saturated carbocycles. The molecule has 0 amide bonds. The van der Waals surface area contributed by atoms with Crippen molar-refractivity contribution in [1.82, 2.24) is 15.6 Å². The van der Waals surface area contributed by atoms with Crippen LogP contribution in [0.4, 0.5) is 0 Å². The van der Waals surface area contributed by atoms with Crippen LogP contribution in [0.15, 0.2) is 47.5 Å². The minimum atomic E-state index is -0.492. The number of hydrogen-bond acceptors (Lipinski definition) is 5. The third kappa shape index (κ3) is 1.99. The number of aliphatic imine (C=N–C) groups is 1. The molecule has 0 aromatic heterocycles. The molecule has 1 aliphatic heterocycles. The van der Waals surface area contributed by atoms with E-state index in [0.29, 0.717) is 0 Å². The molecule has 0 spiro atoms. The quantitative estimate of drug-likeness (QED) is 0.836. The predicted octanol–water partition coefficient (Wildman–Crippen LogP) is 1.45. The van der Waals surface area contributed by atoms with Gasteiger partial charge in [0.15, 0.2) is 12.1 Å². The number of amidine groups is 1. The highest BCUT2D eigenvalue weighted by Gasteiger charge is 2.31. The molecule has 1 unspecified atom stereocenters. The second kappa shape index (κ2) is 5.26. The van der Waals surface area contributed by atoms with Gasteiger partial charge in [-0.3, -0.25) is 5.73 Å². The number of hydrogen-bond donors (Lipinski definition) is 2. The van der Waals surface area contributed by atoms with Gasteiger partial charge in [0.2, 0.25) is 0 Å². The van der Waals surface area contributed by atoms with Crippen LogP contribution < -0.4 is 11.2 Å². The van der Waals surface area contributed by atoms with E-state index in [-0.39, 0.29) is 0 Å². The highest BCUT2D eigenvalue weighted by molar-refractivity contribution is 7.78. The Morgan fingerprint density at radius 2 is 2.00 bits per heavy atom. The molecule has 0 bridgehead atoms. The van der Waals surface area contributed by atoms with Crippen molar-refractivity contribution in [3.63, 3.8) is 0 Å². The van der Waals surface area contributed by atoms with Gasteiger partial charge < -0.3 is 0 Å². The number of fused-ring (bicyclic) bond motifs is 1. The van der Waals surface area contributed by atoms with Crippen LogP contribution in [-0.2, 0) is 0 Å². The van der Waals surface area contributed by atoms with Crippen LogP contribution in [0.3, 0.4) is 0 Å². The van der Waals surface area contributed by atoms with Crippen LogP contribution in [0.5, 0.6) is 0 Å². The number of thiocarbonyl (C=S) groups is 1. The van der Waals surface area contributed by atoms with E-state index >= 15 is 0 Å². The third-order valence-corrected chi connectivity index (χ3v) is 3.51. The Morgan fingerprint density at radius 1 is 1.25 bits per heavy atom. The number of nitrogens with zero attached hydrogens (tertiary/aromatic N) is 3. The van der Waals surface area contributed by atoms with Crippen LogP contribution in [0.1, 0.15) is 5.56 Å². The van der Waals surface area contributed by atoms with Gasteiger partial charge in [0.25, 0.3) is 0 Å². The third-order valence-electron chi connectivity index (χ3n) is 3.31. The van der Waals surface area contributed by atoms with Gasteiger partial charge in [-0.25, -0.2) is 15.4 Å². The Kier molecular flexibility index (Phi) is 3.45. The zero-order valence-electron chi connectivity index (χ0n) is 11.0. The van der Waals surface area contributed by atoms with E-state index in [9.17, 15) is 0 Å². The molecule has 2 aromatic rings. The fraction of sp³-hybridized carbons (Fsp3) is 0.143. The van der Waals surface area contributed by atoms with Gasteiger partial charge >= 0.3 is 0 Å². The van der Waals surface area contributed by atoms with Gasteiger partial charge in [0, 0.05) is 12.6 Å². The molecule has 0 radical (unpaired) electrons. The smallest absolute Gasteiger partial charge is 0.187 e. The summed E-state index contributed by atoms with van der Waals surface area (Å²) in [6, 6.07) is 14.3. The summed E-state index contributed by atoms with van der Waals surface area (Å²) in [4.78, 5) is 4.50. The first-order valence-electron chi connectivity index (χ1n) is 6.29. The van der Waals surface area contributed by atoms with Crippen molar-refractivity contribution in [3.05, 3.63) is 48.0 Å². The monoisotopic (exact) mass is 285 g/mol. The molecule has 5 nitrogen and oxygen atoms in total. The molecule has 102 valence electrons. The van der Waals surface area contributed by atoms with Crippen LogP contribution in [0.2, 0.25) is 0 Å². The molecule has 0 aliphatic carbocycles. The fourth-order valence-corrected chi connectivity index (χ4v) is 2.62. The number of nitrogens with one attached hydrogen (secondary N) is 1. The standard InChI is InChI=1S/C14H15N5S/c1-16-19-14(15)17-13(18(19)9-20)12-8-4-6-10-5-2-3-7-11(10)12/h2-9,14,16H,15H2,1H3. The zero-order chi connectivity index (χ0) is 14.1. The van der Waals surface area contributed by atoms with Crippen LogP contribution in [0.25, 0.3) is 10.8 Å².